The Labute approximate surface area is 172 Å². The van der Waals surface area contributed by atoms with Gasteiger partial charge < -0.3 is 19.1 Å². The third-order valence-electron chi connectivity index (χ3n) is 5.98. The molecule has 1 amide bonds. The number of hydrogen-bond donors (Lipinski definition) is 0. The highest BCUT2D eigenvalue weighted by molar-refractivity contribution is 5.80. The van der Waals surface area contributed by atoms with E-state index in [2.05, 4.69) is 12.1 Å². The van der Waals surface area contributed by atoms with E-state index in [1.54, 1.807) is 14.2 Å². The van der Waals surface area contributed by atoms with Gasteiger partial charge in [-0.2, -0.15) is 0 Å². The van der Waals surface area contributed by atoms with Crippen molar-refractivity contribution in [3.05, 3.63) is 53.6 Å². The molecule has 0 unspecified atom stereocenters. The monoisotopic (exact) mass is 395 g/mol. The second kappa shape index (κ2) is 8.76. The van der Waals surface area contributed by atoms with Crippen molar-refractivity contribution in [2.75, 3.05) is 20.8 Å². The molecular weight excluding hydrogens is 366 g/mol. The molecule has 1 saturated carbocycles. The van der Waals surface area contributed by atoms with Gasteiger partial charge in [-0.3, -0.25) is 4.79 Å². The van der Waals surface area contributed by atoms with Gasteiger partial charge in [0.15, 0.2) is 11.5 Å². The maximum atomic E-state index is 12.6. The third kappa shape index (κ3) is 4.50. The molecule has 1 atom stereocenters. The van der Waals surface area contributed by atoms with Gasteiger partial charge in [-0.1, -0.05) is 18.2 Å². The third-order valence-corrected chi connectivity index (χ3v) is 5.98. The molecule has 1 heterocycles. The van der Waals surface area contributed by atoms with E-state index in [9.17, 15) is 4.79 Å². The Hall–Kier alpha value is -2.69. The SMILES string of the molecule is COc1cccc(CN2C[C@@H](c3ccc(OC)c(OC4CCCC4)c3)CC2=O)c1. The summed E-state index contributed by atoms with van der Waals surface area (Å²) in [7, 11) is 3.33. The number of carbonyl (C=O) groups excluding carboxylic acids is 1. The Morgan fingerprint density at radius 1 is 1.00 bits per heavy atom. The molecule has 0 aromatic heterocycles. The van der Waals surface area contributed by atoms with Crippen LogP contribution in [0.3, 0.4) is 0 Å². The first-order valence-electron chi connectivity index (χ1n) is 10.4. The summed E-state index contributed by atoms with van der Waals surface area (Å²) in [5.41, 5.74) is 2.22. The molecule has 2 aromatic rings. The zero-order valence-corrected chi connectivity index (χ0v) is 17.2. The zero-order chi connectivity index (χ0) is 20.2. The van der Waals surface area contributed by atoms with Crippen LogP contribution >= 0.6 is 0 Å². The van der Waals surface area contributed by atoms with Crippen molar-refractivity contribution in [3.8, 4) is 17.2 Å². The summed E-state index contributed by atoms with van der Waals surface area (Å²) in [6.07, 6.45) is 5.45. The van der Waals surface area contributed by atoms with Gasteiger partial charge in [-0.15, -0.1) is 0 Å². The van der Waals surface area contributed by atoms with E-state index in [0.717, 1.165) is 41.2 Å². The molecule has 154 valence electrons. The summed E-state index contributed by atoms with van der Waals surface area (Å²) >= 11 is 0. The zero-order valence-electron chi connectivity index (χ0n) is 17.2. The van der Waals surface area contributed by atoms with Crippen molar-refractivity contribution in [1.29, 1.82) is 0 Å². The van der Waals surface area contributed by atoms with Gasteiger partial charge in [0.2, 0.25) is 5.91 Å². The smallest absolute Gasteiger partial charge is 0.223 e. The lowest BCUT2D eigenvalue weighted by atomic mass is 9.98. The molecule has 5 heteroatoms. The van der Waals surface area contributed by atoms with Gasteiger partial charge in [0.05, 0.1) is 20.3 Å². The minimum atomic E-state index is 0.171. The number of likely N-dealkylation sites (tertiary alicyclic amines) is 1. The van der Waals surface area contributed by atoms with Crippen LogP contribution in [0.25, 0.3) is 0 Å². The topological polar surface area (TPSA) is 48.0 Å². The maximum absolute atomic E-state index is 12.6. The summed E-state index contributed by atoms with van der Waals surface area (Å²) in [4.78, 5) is 14.6. The summed E-state index contributed by atoms with van der Waals surface area (Å²) in [6, 6.07) is 14.0. The van der Waals surface area contributed by atoms with E-state index in [0.29, 0.717) is 19.5 Å². The molecule has 2 fully saturated rings. The molecule has 0 bridgehead atoms. The fraction of sp³-hybridized carbons (Fsp3) is 0.458. The number of carbonyl (C=O) groups is 1. The summed E-state index contributed by atoms with van der Waals surface area (Å²) in [6.45, 7) is 1.32. The van der Waals surface area contributed by atoms with Crippen molar-refractivity contribution in [1.82, 2.24) is 4.90 Å². The van der Waals surface area contributed by atoms with Crippen LogP contribution in [0.1, 0.15) is 49.1 Å². The lowest BCUT2D eigenvalue weighted by Gasteiger charge is -2.19. The van der Waals surface area contributed by atoms with Crippen molar-refractivity contribution < 1.29 is 19.0 Å². The predicted octanol–water partition coefficient (Wildman–Crippen LogP) is 4.54. The van der Waals surface area contributed by atoms with Crippen molar-refractivity contribution in [2.24, 2.45) is 0 Å². The predicted molar refractivity (Wildman–Crippen MR) is 112 cm³/mol. The van der Waals surface area contributed by atoms with E-state index in [1.165, 1.54) is 12.8 Å². The van der Waals surface area contributed by atoms with Crippen LogP contribution in [0.15, 0.2) is 42.5 Å². The first kappa shape index (κ1) is 19.6. The van der Waals surface area contributed by atoms with Gasteiger partial charge in [-0.25, -0.2) is 0 Å². The van der Waals surface area contributed by atoms with E-state index < -0.39 is 0 Å². The number of methoxy groups -OCH3 is 2. The normalized spacial score (nSPS) is 19.6. The van der Waals surface area contributed by atoms with Crippen molar-refractivity contribution in [3.63, 3.8) is 0 Å². The summed E-state index contributed by atoms with van der Waals surface area (Å²) < 4.78 is 17.0. The van der Waals surface area contributed by atoms with E-state index in [4.69, 9.17) is 14.2 Å². The molecule has 0 spiro atoms. The lowest BCUT2D eigenvalue weighted by molar-refractivity contribution is -0.128. The van der Waals surface area contributed by atoms with Crippen LogP contribution in [-0.2, 0) is 11.3 Å². The molecule has 0 radical (unpaired) electrons. The average Bonchev–Trinajstić information content (AvgIpc) is 3.38. The second-order valence-corrected chi connectivity index (χ2v) is 7.96. The number of rotatable bonds is 7. The van der Waals surface area contributed by atoms with Crippen LogP contribution in [0.2, 0.25) is 0 Å². The van der Waals surface area contributed by atoms with E-state index >= 15 is 0 Å². The molecule has 29 heavy (non-hydrogen) atoms. The minimum absolute atomic E-state index is 0.171. The fourth-order valence-electron chi connectivity index (χ4n) is 4.36. The minimum Gasteiger partial charge on any atom is -0.497 e. The molecule has 1 saturated heterocycles. The Bertz CT molecular complexity index is 860. The van der Waals surface area contributed by atoms with Crippen LogP contribution < -0.4 is 14.2 Å². The number of hydrogen-bond acceptors (Lipinski definition) is 4. The molecular formula is C24H29NO4. The highest BCUT2D eigenvalue weighted by atomic mass is 16.5. The van der Waals surface area contributed by atoms with E-state index in [1.807, 2.05) is 35.2 Å². The van der Waals surface area contributed by atoms with Gasteiger partial charge in [0.25, 0.3) is 0 Å². The Balaban J connectivity index is 1.47. The molecule has 2 aromatic carbocycles. The summed E-state index contributed by atoms with van der Waals surface area (Å²) in [5.74, 6) is 2.74. The standard InChI is InChI=1S/C24H29NO4/c1-27-21-9-5-6-17(12-21)15-25-16-19(14-24(25)26)18-10-11-22(28-2)23(13-18)29-20-7-3-4-8-20/h5-6,9-13,19-20H,3-4,7-8,14-16H2,1-2H3/t19-/m0/s1. The molecule has 5 nitrogen and oxygen atoms in total. The Kier molecular flexibility index (Phi) is 5.93. The molecule has 0 N–H and O–H groups in total. The van der Waals surface area contributed by atoms with Gasteiger partial charge in [-0.05, 0) is 61.1 Å². The quantitative estimate of drug-likeness (QED) is 0.691. The number of ether oxygens (including phenoxy) is 3. The van der Waals surface area contributed by atoms with Crippen LogP contribution in [0, 0.1) is 0 Å². The second-order valence-electron chi connectivity index (χ2n) is 7.96. The van der Waals surface area contributed by atoms with Crippen molar-refractivity contribution in [2.45, 2.75) is 50.7 Å². The molecule has 2 aliphatic rings. The highest BCUT2D eigenvalue weighted by Crippen LogP contribution is 2.37. The number of amides is 1. The molecule has 1 aliphatic heterocycles. The Morgan fingerprint density at radius 2 is 1.83 bits per heavy atom. The summed E-state index contributed by atoms with van der Waals surface area (Å²) in [5, 5.41) is 0. The fourth-order valence-corrected chi connectivity index (χ4v) is 4.36. The average molecular weight is 395 g/mol. The van der Waals surface area contributed by atoms with Crippen LogP contribution in [-0.4, -0.2) is 37.7 Å². The van der Waals surface area contributed by atoms with Crippen LogP contribution in [0.4, 0.5) is 0 Å². The van der Waals surface area contributed by atoms with Gasteiger partial charge in [0.1, 0.15) is 5.75 Å². The number of benzene rings is 2. The highest BCUT2D eigenvalue weighted by Gasteiger charge is 2.31. The maximum Gasteiger partial charge on any atom is 0.223 e. The molecule has 1 aliphatic carbocycles. The van der Waals surface area contributed by atoms with E-state index in [-0.39, 0.29) is 17.9 Å². The number of nitrogens with zero attached hydrogens (tertiary/aromatic N) is 1. The largest absolute Gasteiger partial charge is 0.497 e. The molecule has 4 rings (SSSR count). The van der Waals surface area contributed by atoms with Crippen molar-refractivity contribution >= 4 is 5.91 Å². The van der Waals surface area contributed by atoms with Crippen LogP contribution in [0.5, 0.6) is 17.2 Å². The first-order chi connectivity index (χ1) is 14.2. The Morgan fingerprint density at radius 3 is 2.59 bits per heavy atom. The van der Waals surface area contributed by atoms with Gasteiger partial charge in [0, 0.05) is 25.4 Å². The van der Waals surface area contributed by atoms with Gasteiger partial charge >= 0.3 is 0 Å². The lowest BCUT2D eigenvalue weighted by Crippen LogP contribution is -2.24. The first-order valence-corrected chi connectivity index (χ1v) is 10.4.